The van der Waals surface area contributed by atoms with Crippen LogP contribution < -0.4 is 5.32 Å². The summed E-state index contributed by atoms with van der Waals surface area (Å²) in [6, 6.07) is -1.30. The maximum absolute atomic E-state index is 12.0. The van der Waals surface area contributed by atoms with Crippen LogP contribution in [0.3, 0.4) is 0 Å². The van der Waals surface area contributed by atoms with E-state index in [0.29, 0.717) is 11.8 Å². The lowest BCUT2D eigenvalue weighted by Crippen LogP contribution is -2.49. The molecule has 1 aliphatic heterocycles. The van der Waals surface area contributed by atoms with Crippen LogP contribution in [0.5, 0.6) is 0 Å². The van der Waals surface area contributed by atoms with Crippen LogP contribution in [0.2, 0.25) is 0 Å². The second-order valence-corrected chi connectivity index (χ2v) is 4.12. The molecular weight excluding hydrogens is 175 g/mol. The fourth-order valence-electron chi connectivity index (χ4n) is 0.897. The quantitative estimate of drug-likeness (QED) is 0.615. The Morgan fingerprint density at radius 1 is 1.45 bits per heavy atom. The van der Waals surface area contributed by atoms with Crippen LogP contribution in [0, 0.1) is 0 Å². The summed E-state index contributed by atoms with van der Waals surface area (Å²) in [6.07, 6.45) is -4.08. The minimum Gasteiger partial charge on any atom is -0.304 e. The molecule has 1 nitrogen and oxygen atoms in total. The smallest absolute Gasteiger partial charge is 0.304 e. The third-order valence-corrected chi connectivity index (χ3v) is 2.86. The number of hydrogen-bond acceptors (Lipinski definition) is 2. The van der Waals surface area contributed by atoms with Crippen LogP contribution in [0.25, 0.3) is 0 Å². The summed E-state index contributed by atoms with van der Waals surface area (Å²) < 4.78 is 36.0. The molecule has 5 heteroatoms. The summed E-state index contributed by atoms with van der Waals surface area (Å²) in [4.78, 5) is 0. The normalized spacial score (nSPS) is 33.8. The van der Waals surface area contributed by atoms with Crippen molar-refractivity contribution in [3.63, 3.8) is 0 Å². The van der Waals surface area contributed by atoms with Gasteiger partial charge in [0.2, 0.25) is 0 Å². The molecule has 0 radical (unpaired) electrons. The Morgan fingerprint density at radius 3 is 2.45 bits per heavy atom. The average Bonchev–Trinajstić information content (AvgIpc) is 1.86. The van der Waals surface area contributed by atoms with Crippen LogP contribution in [-0.4, -0.2) is 29.8 Å². The Kier molecular flexibility index (Phi) is 2.70. The molecule has 1 saturated heterocycles. The van der Waals surface area contributed by atoms with Gasteiger partial charge in [-0.05, 0) is 0 Å². The molecule has 2 atom stereocenters. The molecule has 2 unspecified atom stereocenters. The van der Waals surface area contributed by atoms with Crippen molar-refractivity contribution < 1.29 is 13.2 Å². The Labute approximate surface area is 67.7 Å². The molecule has 11 heavy (non-hydrogen) atoms. The highest BCUT2D eigenvalue weighted by Gasteiger charge is 2.41. The molecule has 0 bridgehead atoms. The SMILES string of the molecule is CC1CNC(C(F)(F)F)CS1. The van der Waals surface area contributed by atoms with Gasteiger partial charge < -0.3 is 5.32 Å². The van der Waals surface area contributed by atoms with Crippen LogP contribution in [0.4, 0.5) is 13.2 Å². The second-order valence-electron chi connectivity index (χ2n) is 2.65. The predicted octanol–water partition coefficient (Wildman–Crippen LogP) is 1.64. The van der Waals surface area contributed by atoms with Crippen LogP contribution >= 0.6 is 11.8 Å². The number of nitrogens with one attached hydrogen (secondary N) is 1. The first-order valence-corrected chi connectivity index (χ1v) is 4.46. The van der Waals surface area contributed by atoms with Gasteiger partial charge in [-0.25, -0.2) is 0 Å². The molecule has 1 N–H and O–H groups in total. The third-order valence-electron chi connectivity index (χ3n) is 1.59. The number of rotatable bonds is 0. The molecule has 66 valence electrons. The van der Waals surface area contributed by atoms with Crippen molar-refractivity contribution in [1.29, 1.82) is 0 Å². The van der Waals surface area contributed by atoms with Gasteiger partial charge in [-0.2, -0.15) is 24.9 Å². The monoisotopic (exact) mass is 185 g/mol. The summed E-state index contributed by atoms with van der Waals surface area (Å²) in [7, 11) is 0. The Balaban J connectivity index is 2.39. The molecule has 0 aromatic rings. The largest absolute Gasteiger partial charge is 0.404 e. The Morgan fingerprint density at radius 2 is 2.09 bits per heavy atom. The van der Waals surface area contributed by atoms with Crippen molar-refractivity contribution in [3.05, 3.63) is 0 Å². The van der Waals surface area contributed by atoms with E-state index in [2.05, 4.69) is 5.32 Å². The standard InChI is InChI=1S/C6H10F3NS/c1-4-2-10-5(3-11-4)6(7,8)9/h4-5,10H,2-3H2,1H3. The maximum atomic E-state index is 12.0. The van der Waals surface area contributed by atoms with Gasteiger partial charge in [-0.1, -0.05) is 6.92 Å². The molecule has 0 aromatic heterocycles. The lowest BCUT2D eigenvalue weighted by Gasteiger charge is -2.28. The fraction of sp³-hybridized carbons (Fsp3) is 1.00. The first-order valence-electron chi connectivity index (χ1n) is 3.42. The lowest BCUT2D eigenvalue weighted by atomic mass is 10.3. The van der Waals surface area contributed by atoms with Crippen molar-refractivity contribution in [2.24, 2.45) is 0 Å². The Bertz CT molecular complexity index is 128. The summed E-state index contributed by atoms with van der Waals surface area (Å²) in [6.45, 7) is 2.37. The predicted molar refractivity (Wildman–Crippen MR) is 39.8 cm³/mol. The van der Waals surface area contributed by atoms with Crippen molar-refractivity contribution in [3.8, 4) is 0 Å². The zero-order chi connectivity index (χ0) is 8.48. The molecule has 0 aromatic carbocycles. The maximum Gasteiger partial charge on any atom is 0.404 e. The van der Waals surface area contributed by atoms with E-state index in [9.17, 15) is 13.2 Å². The molecule has 1 heterocycles. The number of hydrogen-bond donors (Lipinski definition) is 1. The Hall–Kier alpha value is 0.100. The minimum absolute atomic E-state index is 0.144. The topological polar surface area (TPSA) is 12.0 Å². The van der Waals surface area contributed by atoms with E-state index in [-0.39, 0.29) is 5.75 Å². The van der Waals surface area contributed by atoms with E-state index in [1.807, 2.05) is 6.92 Å². The molecule has 1 rings (SSSR count). The van der Waals surface area contributed by atoms with Gasteiger partial charge in [0.1, 0.15) is 6.04 Å². The van der Waals surface area contributed by atoms with Crippen molar-refractivity contribution >= 4 is 11.8 Å². The van der Waals surface area contributed by atoms with Gasteiger partial charge in [0.05, 0.1) is 0 Å². The highest BCUT2D eigenvalue weighted by Crippen LogP contribution is 2.27. The molecule has 0 saturated carbocycles. The van der Waals surface area contributed by atoms with Gasteiger partial charge in [0.15, 0.2) is 0 Å². The van der Waals surface area contributed by atoms with E-state index < -0.39 is 12.2 Å². The number of halogens is 3. The van der Waals surface area contributed by atoms with Gasteiger partial charge in [0, 0.05) is 17.5 Å². The van der Waals surface area contributed by atoms with Gasteiger partial charge >= 0.3 is 6.18 Å². The van der Waals surface area contributed by atoms with E-state index in [1.54, 1.807) is 0 Å². The lowest BCUT2D eigenvalue weighted by molar-refractivity contribution is -0.150. The van der Waals surface area contributed by atoms with Crippen molar-refractivity contribution in [2.75, 3.05) is 12.3 Å². The first-order chi connectivity index (χ1) is 5.00. The van der Waals surface area contributed by atoms with E-state index >= 15 is 0 Å². The van der Waals surface area contributed by atoms with Gasteiger partial charge in [0.25, 0.3) is 0 Å². The minimum atomic E-state index is -4.08. The van der Waals surface area contributed by atoms with E-state index in [4.69, 9.17) is 0 Å². The summed E-state index contributed by atoms with van der Waals surface area (Å²) >= 11 is 1.37. The number of thioether (sulfide) groups is 1. The average molecular weight is 185 g/mol. The zero-order valence-electron chi connectivity index (χ0n) is 6.11. The zero-order valence-corrected chi connectivity index (χ0v) is 6.93. The van der Waals surface area contributed by atoms with Crippen LogP contribution in [0.15, 0.2) is 0 Å². The second kappa shape index (κ2) is 3.23. The summed E-state index contributed by atoms with van der Waals surface area (Å²) in [5.41, 5.74) is 0. The van der Waals surface area contributed by atoms with E-state index in [1.165, 1.54) is 11.8 Å². The molecule has 1 aliphatic rings. The summed E-state index contributed by atoms with van der Waals surface area (Å²) in [5.74, 6) is 0.144. The molecule has 0 aliphatic carbocycles. The van der Waals surface area contributed by atoms with Gasteiger partial charge in [-0.15, -0.1) is 0 Å². The number of alkyl halides is 3. The highest BCUT2D eigenvalue weighted by atomic mass is 32.2. The summed E-state index contributed by atoms with van der Waals surface area (Å²) in [5, 5.41) is 2.76. The van der Waals surface area contributed by atoms with Gasteiger partial charge in [-0.3, -0.25) is 0 Å². The first kappa shape index (κ1) is 9.19. The van der Waals surface area contributed by atoms with Crippen LogP contribution in [0.1, 0.15) is 6.92 Å². The van der Waals surface area contributed by atoms with Crippen molar-refractivity contribution in [2.45, 2.75) is 24.4 Å². The molecule has 0 spiro atoms. The van der Waals surface area contributed by atoms with Crippen LogP contribution in [-0.2, 0) is 0 Å². The highest BCUT2D eigenvalue weighted by molar-refractivity contribution is 8.00. The van der Waals surface area contributed by atoms with Crippen molar-refractivity contribution in [1.82, 2.24) is 5.32 Å². The van der Waals surface area contributed by atoms with E-state index in [0.717, 1.165) is 0 Å². The molecular formula is C6H10F3NS. The molecule has 1 fully saturated rings. The molecule has 0 amide bonds. The third kappa shape index (κ3) is 2.56. The fourth-order valence-corrected chi connectivity index (χ4v) is 1.94.